The van der Waals surface area contributed by atoms with E-state index in [1.807, 2.05) is 30.3 Å². The summed E-state index contributed by atoms with van der Waals surface area (Å²) in [5, 5.41) is 2.80. The molecule has 6 nitrogen and oxygen atoms in total. The topological polar surface area (TPSA) is 69.0 Å². The minimum Gasteiger partial charge on any atom is -0.473 e. The Balaban J connectivity index is 1.37. The maximum absolute atomic E-state index is 14.5. The zero-order valence-electron chi connectivity index (χ0n) is 17.0. The molecule has 0 bridgehead atoms. The molecule has 2 aromatic carbocycles. The van der Waals surface area contributed by atoms with Crippen LogP contribution in [0.15, 0.2) is 79.3 Å². The molecule has 2 aromatic heterocycles. The smallest absolute Gasteiger partial charge is 0.251 e. The molecule has 0 aliphatic rings. The van der Waals surface area contributed by atoms with E-state index in [1.165, 1.54) is 12.3 Å². The van der Waals surface area contributed by atoms with Gasteiger partial charge in [0.25, 0.3) is 5.91 Å². The van der Waals surface area contributed by atoms with E-state index in [0.29, 0.717) is 35.1 Å². The number of amides is 1. The van der Waals surface area contributed by atoms with E-state index in [0.717, 1.165) is 5.56 Å². The average molecular weight is 416 g/mol. The predicted octanol–water partition coefficient (Wildman–Crippen LogP) is 4.22. The number of imidazole rings is 1. The number of hydrogen-bond acceptors (Lipinski definition) is 4. The summed E-state index contributed by atoms with van der Waals surface area (Å²) in [4.78, 5) is 20.8. The number of pyridine rings is 1. The Morgan fingerprint density at radius 1 is 1.03 bits per heavy atom. The van der Waals surface area contributed by atoms with Crippen molar-refractivity contribution in [2.75, 3.05) is 0 Å². The van der Waals surface area contributed by atoms with Gasteiger partial charge in [0.05, 0.1) is 5.69 Å². The molecule has 0 unspecified atom stereocenters. The summed E-state index contributed by atoms with van der Waals surface area (Å²) < 4.78 is 21.9. The van der Waals surface area contributed by atoms with E-state index in [-0.39, 0.29) is 18.3 Å². The third-order valence-electron chi connectivity index (χ3n) is 4.78. The van der Waals surface area contributed by atoms with Gasteiger partial charge in [0.2, 0.25) is 5.88 Å². The number of nitrogens with zero attached hydrogens (tertiary/aromatic N) is 3. The lowest BCUT2D eigenvalue weighted by atomic mass is 10.1. The summed E-state index contributed by atoms with van der Waals surface area (Å²) >= 11 is 0. The van der Waals surface area contributed by atoms with E-state index in [9.17, 15) is 9.18 Å². The van der Waals surface area contributed by atoms with Crippen LogP contribution in [0.4, 0.5) is 4.39 Å². The standard InChI is InChI=1S/C24H21FN4O2/c1-17-26-11-12-29(17)22-8-7-19(13-21(22)25)15-28-24(30)20-9-10-27-23(14-20)31-16-18-5-3-2-4-6-18/h2-14H,15-16H2,1H3,(H,28,30). The quantitative estimate of drug-likeness (QED) is 0.490. The van der Waals surface area contributed by atoms with Gasteiger partial charge in [-0.15, -0.1) is 0 Å². The van der Waals surface area contributed by atoms with Crippen molar-refractivity contribution in [1.29, 1.82) is 0 Å². The second-order valence-corrected chi connectivity index (χ2v) is 6.97. The van der Waals surface area contributed by atoms with Gasteiger partial charge in [-0.2, -0.15) is 0 Å². The van der Waals surface area contributed by atoms with E-state index in [4.69, 9.17) is 4.74 Å². The Bertz CT molecular complexity index is 1190. The van der Waals surface area contributed by atoms with E-state index < -0.39 is 0 Å². The van der Waals surface area contributed by atoms with E-state index in [2.05, 4.69) is 15.3 Å². The van der Waals surface area contributed by atoms with Crippen molar-refractivity contribution in [1.82, 2.24) is 19.9 Å². The molecule has 0 spiro atoms. The first kappa shape index (κ1) is 20.3. The Kier molecular flexibility index (Phi) is 6.03. The molecule has 7 heteroatoms. The molecule has 0 radical (unpaired) electrons. The second-order valence-electron chi connectivity index (χ2n) is 6.97. The average Bonchev–Trinajstić information content (AvgIpc) is 3.22. The SMILES string of the molecule is Cc1nccn1-c1ccc(CNC(=O)c2ccnc(OCc3ccccc3)c2)cc1F. The number of rotatable bonds is 7. The summed E-state index contributed by atoms with van der Waals surface area (Å²) in [6.07, 6.45) is 4.85. The van der Waals surface area contributed by atoms with Gasteiger partial charge in [0.1, 0.15) is 18.2 Å². The van der Waals surface area contributed by atoms with Crippen LogP contribution in [0.1, 0.15) is 27.3 Å². The van der Waals surface area contributed by atoms with E-state index in [1.54, 1.807) is 48.1 Å². The first-order valence-electron chi connectivity index (χ1n) is 9.80. The number of carbonyl (C=O) groups excluding carboxylic acids is 1. The molecule has 0 saturated carbocycles. The van der Waals surface area contributed by atoms with Crippen molar-refractivity contribution in [2.24, 2.45) is 0 Å². The van der Waals surface area contributed by atoms with Crippen LogP contribution >= 0.6 is 0 Å². The molecule has 31 heavy (non-hydrogen) atoms. The molecule has 0 atom stereocenters. The second kappa shape index (κ2) is 9.21. The van der Waals surface area contributed by atoms with Crippen LogP contribution in [0.25, 0.3) is 5.69 Å². The molecular formula is C24H21FN4O2. The first-order valence-corrected chi connectivity index (χ1v) is 9.80. The molecule has 1 N–H and O–H groups in total. The molecule has 156 valence electrons. The van der Waals surface area contributed by atoms with Crippen molar-refractivity contribution >= 4 is 5.91 Å². The lowest BCUT2D eigenvalue weighted by molar-refractivity contribution is 0.0950. The van der Waals surface area contributed by atoms with Gasteiger partial charge in [-0.3, -0.25) is 4.79 Å². The number of ether oxygens (including phenoxy) is 1. The van der Waals surface area contributed by atoms with Crippen LogP contribution < -0.4 is 10.1 Å². The van der Waals surface area contributed by atoms with Crippen LogP contribution in [0.3, 0.4) is 0 Å². The number of hydrogen-bond donors (Lipinski definition) is 1. The third kappa shape index (κ3) is 4.95. The summed E-state index contributed by atoms with van der Waals surface area (Å²) in [5.41, 5.74) is 2.50. The molecule has 0 aliphatic carbocycles. The molecule has 2 heterocycles. The van der Waals surface area contributed by atoms with Crippen LogP contribution in [-0.2, 0) is 13.2 Å². The lowest BCUT2D eigenvalue weighted by Gasteiger charge is -2.10. The van der Waals surface area contributed by atoms with E-state index >= 15 is 0 Å². The van der Waals surface area contributed by atoms with Crippen molar-refractivity contribution in [3.05, 3.63) is 108 Å². The lowest BCUT2D eigenvalue weighted by Crippen LogP contribution is -2.23. The Labute approximate surface area is 179 Å². The first-order chi connectivity index (χ1) is 15.1. The molecule has 1 amide bonds. The summed E-state index contributed by atoms with van der Waals surface area (Å²) in [6.45, 7) is 2.36. The number of aryl methyl sites for hydroxylation is 1. The molecule has 4 rings (SSSR count). The zero-order valence-corrected chi connectivity index (χ0v) is 17.0. The molecule has 4 aromatic rings. The van der Waals surface area contributed by atoms with Crippen molar-refractivity contribution in [3.8, 4) is 11.6 Å². The molecular weight excluding hydrogens is 395 g/mol. The minimum atomic E-state index is -0.381. The number of nitrogens with one attached hydrogen (secondary N) is 1. The fourth-order valence-corrected chi connectivity index (χ4v) is 3.13. The van der Waals surface area contributed by atoms with Crippen LogP contribution in [0.2, 0.25) is 0 Å². The number of aromatic nitrogens is 3. The van der Waals surface area contributed by atoms with Gasteiger partial charge in [0.15, 0.2) is 0 Å². The van der Waals surface area contributed by atoms with Crippen molar-refractivity contribution in [2.45, 2.75) is 20.1 Å². The molecule has 0 saturated heterocycles. The Hall–Kier alpha value is -4.00. The van der Waals surface area contributed by atoms with Gasteiger partial charge >= 0.3 is 0 Å². The van der Waals surface area contributed by atoms with Gasteiger partial charge in [0, 0.05) is 36.8 Å². The fourth-order valence-electron chi connectivity index (χ4n) is 3.13. The summed E-state index contributed by atoms with van der Waals surface area (Å²) in [7, 11) is 0. The van der Waals surface area contributed by atoms with Crippen molar-refractivity contribution < 1.29 is 13.9 Å². The highest BCUT2D eigenvalue weighted by atomic mass is 19.1. The maximum atomic E-state index is 14.5. The van der Waals surface area contributed by atoms with Gasteiger partial charge in [-0.25, -0.2) is 14.4 Å². The maximum Gasteiger partial charge on any atom is 0.251 e. The highest BCUT2D eigenvalue weighted by molar-refractivity contribution is 5.94. The minimum absolute atomic E-state index is 0.196. The highest BCUT2D eigenvalue weighted by Gasteiger charge is 2.11. The number of halogens is 1. The van der Waals surface area contributed by atoms with Crippen LogP contribution in [0, 0.1) is 12.7 Å². The Morgan fingerprint density at radius 3 is 2.61 bits per heavy atom. The Morgan fingerprint density at radius 2 is 1.87 bits per heavy atom. The normalized spacial score (nSPS) is 10.6. The highest BCUT2D eigenvalue weighted by Crippen LogP contribution is 2.17. The predicted molar refractivity (Wildman–Crippen MR) is 114 cm³/mol. The molecule has 0 aliphatic heterocycles. The largest absolute Gasteiger partial charge is 0.473 e. The van der Waals surface area contributed by atoms with Crippen LogP contribution in [0.5, 0.6) is 5.88 Å². The van der Waals surface area contributed by atoms with Crippen LogP contribution in [-0.4, -0.2) is 20.4 Å². The number of carbonyl (C=O) groups is 1. The monoisotopic (exact) mass is 416 g/mol. The van der Waals surface area contributed by atoms with Gasteiger partial charge in [-0.1, -0.05) is 36.4 Å². The fraction of sp³-hybridized carbons (Fsp3) is 0.125. The number of benzene rings is 2. The van der Waals surface area contributed by atoms with Gasteiger partial charge < -0.3 is 14.6 Å². The third-order valence-corrected chi connectivity index (χ3v) is 4.78. The van der Waals surface area contributed by atoms with Gasteiger partial charge in [-0.05, 0) is 36.2 Å². The summed E-state index contributed by atoms with van der Waals surface area (Å²) in [6, 6.07) is 17.8. The van der Waals surface area contributed by atoms with Crippen molar-refractivity contribution in [3.63, 3.8) is 0 Å². The zero-order chi connectivity index (χ0) is 21.6. The summed E-state index contributed by atoms with van der Waals surface area (Å²) in [5.74, 6) is 0.390. The molecule has 0 fully saturated rings.